The standard InChI is InChI=1S/C15H20N2O2/c1-8-12(14(18)19)16-17-13(8)15-5-9-2-10(6-15)4-11(3-9)7-15/h9-11H,2-7H2,1H3,(H,16,17)(H,18,19). The van der Waals surface area contributed by atoms with Crippen LogP contribution in [0.25, 0.3) is 0 Å². The molecule has 4 aliphatic carbocycles. The number of carbonyl (C=O) groups is 1. The van der Waals surface area contributed by atoms with E-state index in [2.05, 4.69) is 10.2 Å². The van der Waals surface area contributed by atoms with Crippen LogP contribution in [0, 0.1) is 24.7 Å². The van der Waals surface area contributed by atoms with Crippen molar-refractivity contribution in [1.82, 2.24) is 10.2 Å². The lowest BCUT2D eigenvalue weighted by molar-refractivity contribution is -0.00749. The first-order valence-electron chi connectivity index (χ1n) is 7.36. The SMILES string of the molecule is Cc1c(C(=O)O)n[nH]c1C12CC3CC(CC(C3)C1)C2. The van der Waals surface area contributed by atoms with E-state index in [1.54, 1.807) is 0 Å². The molecular formula is C15H20N2O2. The van der Waals surface area contributed by atoms with Gasteiger partial charge in [0.2, 0.25) is 0 Å². The minimum Gasteiger partial charge on any atom is -0.476 e. The lowest BCUT2D eigenvalue weighted by atomic mass is 9.48. The zero-order chi connectivity index (χ0) is 13.2. The average Bonchev–Trinajstić information content (AvgIpc) is 2.69. The molecule has 4 saturated carbocycles. The number of aromatic nitrogens is 2. The van der Waals surface area contributed by atoms with Crippen LogP contribution in [0.2, 0.25) is 0 Å². The first-order valence-corrected chi connectivity index (χ1v) is 7.36. The van der Waals surface area contributed by atoms with Gasteiger partial charge in [-0.15, -0.1) is 0 Å². The zero-order valence-electron chi connectivity index (χ0n) is 11.3. The van der Waals surface area contributed by atoms with Gasteiger partial charge in [-0.2, -0.15) is 5.10 Å². The second kappa shape index (κ2) is 3.62. The van der Waals surface area contributed by atoms with Gasteiger partial charge in [-0.05, 0) is 63.2 Å². The zero-order valence-corrected chi connectivity index (χ0v) is 11.3. The van der Waals surface area contributed by atoms with E-state index in [4.69, 9.17) is 0 Å². The summed E-state index contributed by atoms with van der Waals surface area (Å²) in [5.74, 6) is 1.68. The molecule has 0 aliphatic heterocycles. The highest BCUT2D eigenvalue weighted by Crippen LogP contribution is 2.60. The summed E-state index contributed by atoms with van der Waals surface area (Å²) in [6.07, 6.45) is 7.91. The van der Waals surface area contributed by atoms with Gasteiger partial charge in [-0.3, -0.25) is 5.10 Å². The molecule has 0 radical (unpaired) electrons. The Bertz CT molecular complexity index is 511. The Morgan fingerprint density at radius 2 is 1.74 bits per heavy atom. The maximum Gasteiger partial charge on any atom is 0.356 e. The number of aromatic carboxylic acids is 1. The summed E-state index contributed by atoms with van der Waals surface area (Å²) in [5, 5.41) is 16.3. The quantitative estimate of drug-likeness (QED) is 0.859. The number of hydrogen-bond acceptors (Lipinski definition) is 2. The summed E-state index contributed by atoms with van der Waals surface area (Å²) in [7, 11) is 0. The third-order valence-electron chi connectivity index (χ3n) is 5.78. The second-order valence-corrected chi connectivity index (χ2v) is 7.08. The van der Waals surface area contributed by atoms with Crippen molar-refractivity contribution < 1.29 is 9.90 Å². The van der Waals surface area contributed by atoms with Crippen molar-refractivity contribution in [3.8, 4) is 0 Å². The van der Waals surface area contributed by atoms with Crippen LogP contribution in [0.1, 0.15) is 60.3 Å². The van der Waals surface area contributed by atoms with E-state index in [0.717, 1.165) is 29.0 Å². The molecule has 4 aliphatic rings. The van der Waals surface area contributed by atoms with Crippen LogP contribution >= 0.6 is 0 Å². The van der Waals surface area contributed by atoms with E-state index in [9.17, 15) is 9.90 Å². The number of carboxylic acids is 1. The summed E-state index contributed by atoms with van der Waals surface area (Å²) < 4.78 is 0. The Labute approximate surface area is 112 Å². The van der Waals surface area contributed by atoms with Crippen molar-refractivity contribution in [2.75, 3.05) is 0 Å². The third-order valence-corrected chi connectivity index (χ3v) is 5.78. The van der Waals surface area contributed by atoms with Gasteiger partial charge >= 0.3 is 5.97 Å². The molecule has 0 spiro atoms. The molecule has 4 fully saturated rings. The topological polar surface area (TPSA) is 66.0 Å². The molecule has 5 rings (SSSR count). The molecule has 0 saturated heterocycles. The maximum absolute atomic E-state index is 11.2. The lowest BCUT2D eigenvalue weighted by Crippen LogP contribution is -2.49. The number of nitrogens with one attached hydrogen (secondary N) is 1. The van der Waals surface area contributed by atoms with Crippen molar-refractivity contribution in [2.24, 2.45) is 17.8 Å². The predicted molar refractivity (Wildman–Crippen MR) is 70.1 cm³/mol. The molecule has 0 amide bonds. The molecular weight excluding hydrogens is 240 g/mol. The van der Waals surface area contributed by atoms with Crippen molar-refractivity contribution >= 4 is 5.97 Å². The Morgan fingerprint density at radius 1 is 1.21 bits per heavy atom. The number of carboxylic acid groups (broad SMARTS) is 1. The fourth-order valence-electron chi connectivity index (χ4n) is 5.54. The van der Waals surface area contributed by atoms with Crippen LogP contribution < -0.4 is 0 Å². The van der Waals surface area contributed by atoms with Crippen LogP contribution in [0.5, 0.6) is 0 Å². The largest absolute Gasteiger partial charge is 0.476 e. The summed E-state index contributed by atoms with van der Waals surface area (Å²) in [6, 6.07) is 0. The second-order valence-electron chi connectivity index (χ2n) is 7.08. The van der Waals surface area contributed by atoms with E-state index in [1.807, 2.05) is 6.92 Å². The van der Waals surface area contributed by atoms with E-state index < -0.39 is 5.97 Å². The summed E-state index contributed by atoms with van der Waals surface area (Å²) in [5.41, 5.74) is 2.42. The molecule has 0 unspecified atom stereocenters. The van der Waals surface area contributed by atoms with Crippen LogP contribution in [0.3, 0.4) is 0 Å². The van der Waals surface area contributed by atoms with E-state index in [-0.39, 0.29) is 11.1 Å². The Balaban J connectivity index is 1.77. The van der Waals surface area contributed by atoms with Gasteiger partial charge in [0, 0.05) is 16.7 Å². The Hall–Kier alpha value is -1.32. The average molecular weight is 260 g/mol. The molecule has 1 heterocycles. The summed E-state index contributed by atoms with van der Waals surface area (Å²) in [4.78, 5) is 11.2. The lowest BCUT2D eigenvalue weighted by Gasteiger charge is -2.56. The van der Waals surface area contributed by atoms with Gasteiger partial charge in [-0.1, -0.05) is 0 Å². The summed E-state index contributed by atoms with van der Waals surface area (Å²) in [6.45, 7) is 1.92. The number of H-pyrrole nitrogens is 1. The number of aromatic amines is 1. The van der Waals surface area contributed by atoms with Gasteiger partial charge in [0.15, 0.2) is 5.69 Å². The highest BCUT2D eigenvalue weighted by molar-refractivity contribution is 5.87. The van der Waals surface area contributed by atoms with Gasteiger partial charge in [0.05, 0.1) is 0 Å². The monoisotopic (exact) mass is 260 g/mol. The van der Waals surface area contributed by atoms with Crippen molar-refractivity contribution in [1.29, 1.82) is 0 Å². The van der Waals surface area contributed by atoms with Crippen molar-refractivity contribution in [2.45, 2.75) is 50.9 Å². The molecule has 1 aromatic rings. The maximum atomic E-state index is 11.2. The molecule has 4 bridgehead atoms. The number of rotatable bonds is 2. The highest BCUT2D eigenvalue weighted by Gasteiger charge is 2.53. The Morgan fingerprint density at radius 3 is 2.16 bits per heavy atom. The van der Waals surface area contributed by atoms with Crippen LogP contribution in [0.4, 0.5) is 0 Å². The van der Waals surface area contributed by atoms with Crippen molar-refractivity contribution in [3.05, 3.63) is 17.0 Å². The highest BCUT2D eigenvalue weighted by atomic mass is 16.4. The summed E-state index contributed by atoms with van der Waals surface area (Å²) >= 11 is 0. The first-order chi connectivity index (χ1) is 9.07. The van der Waals surface area contributed by atoms with E-state index in [0.29, 0.717) is 0 Å². The molecule has 2 N–H and O–H groups in total. The molecule has 4 heteroatoms. The minimum atomic E-state index is -0.912. The van der Waals surface area contributed by atoms with Crippen LogP contribution in [-0.4, -0.2) is 21.3 Å². The third kappa shape index (κ3) is 1.52. The fraction of sp³-hybridized carbons (Fsp3) is 0.733. The number of hydrogen-bond donors (Lipinski definition) is 2. The Kier molecular flexibility index (Phi) is 2.19. The van der Waals surface area contributed by atoms with Crippen molar-refractivity contribution in [3.63, 3.8) is 0 Å². The van der Waals surface area contributed by atoms with E-state index in [1.165, 1.54) is 38.5 Å². The van der Waals surface area contributed by atoms with Gasteiger partial charge in [-0.25, -0.2) is 4.79 Å². The van der Waals surface area contributed by atoms with Gasteiger partial charge in [0.25, 0.3) is 0 Å². The fourth-order valence-corrected chi connectivity index (χ4v) is 5.54. The minimum absolute atomic E-state index is 0.208. The molecule has 0 atom stereocenters. The normalized spacial score (nSPS) is 39.7. The van der Waals surface area contributed by atoms with Gasteiger partial charge < -0.3 is 5.11 Å². The smallest absolute Gasteiger partial charge is 0.356 e. The van der Waals surface area contributed by atoms with E-state index >= 15 is 0 Å². The number of nitrogens with zero attached hydrogens (tertiary/aromatic N) is 1. The predicted octanol–water partition coefficient (Wildman–Crippen LogP) is 2.88. The van der Waals surface area contributed by atoms with Crippen LogP contribution in [-0.2, 0) is 5.41 Å². The molecule has 4 nitrogen and oxygen atoms in total. The molecule has 0 aromatic carbocycles. The van der Waals surface area contributed by atoms with Crippen LogP contribution in [0.15, 0.2) is 0 Å². The van der Waals surface area contributed by atoms with Gasteiger partial charge in [0.1, 0.15) is 0 Å². The molecule has 102 valence electrons. The molecule has 19 heavy (non-hydrogen) atoms. The molecule has 1 aromatic heterocycles. The first kappa shape index (κ1) is 11.5.